The minimum Gasteiger partial charge on any atom is -0.357 e. The van der Waals surface area contributed by atoms with Crippen LogP contribution in [-0.4, -0.2) is 35.7 Å². The predicted molar refractivity (Wildman–Crippen MR) is 126 cm³/mol. The Hall–Kier alpha value is -1.85. The molecule has 1 aromatic carbocycles. The van der Waals surface area contributed by atoms with Gasteiger partial charge in [-0.15, -0.1) is 24.0 Å². The Balaban J connectivity index is 0.00000480. The van der Waals surface area contributed by atoms with Gasteiger partial charge in [0, 0.05) is 32.0 Å². The number of hydrogen-bond acceptors (Lipinski definition) is 4. The van der Waals surface area contributed by atoms with Crippen LogP contribution in [0.25, 0.3) is 0 Å². The molecule has 0 aliphatic heterocycles. The number of aliphatic imine (C=N–C) groups is 1. The third-order valence-electron chi connectivity index (χ3n) is 4.59. The van der Waals surface area contributed by atoms with Gasteiger partial charge in [0.15, 0.2) is 11.8 Å². The number of nitrogens with one attached hydrogen (secondary N) is 2. The lowest BCUT2D eigenvalue weighted by molar-refractivity contribution is -0.137. The third kappa shape index (κ3) is 9.04. The van der Waals surface area contributed by atoms with Crippen LogP contribution in [0.15, 0.2) is 33.8 Å². The molecular weight excluding hydrogens is 522 g/mol. The van der Waals surface area contributed by atoms with Crippen molar-refractivity contribution < 1.29 is 17.7 Å². The molecule has 1 aromatic heterocycles. The Morgan fingerprint density at radius 2 is 1.94 bits per heavy atom. The first kappa shape index (κ1) is 27.2. The van der Waals surface area contributed by atoms with Gasteiger partial charge in [0.2, 0.25) is 5.89 Å². The van der Waals surface area contributed by atoms with Crippen LogP contribution in [0, 0.1) is 0 Å². The number of benzene rings is 1. The Bertz CT molecular complexity index is 823. The van der Waals surface area contributed by atoms with Crippen LogP contribution in [0.2, 0.25) is 0 Å². The maximum atomic E-state index is 12.9. The van der Waals surface area contributed by atoms with Crippen LogP contribution in [0.4, 0.5) is 13.2 Å². The molecule has 0 bridgehead atoms. The summed E-state index contributed by atoms with van der Waals surface area (Å²) >= 11 is 0. The van der Waals surface area contributed by atoms with E-state index in [0.717, 1.165) is 6.07 Å². The molecule has 10 heteroatoms. The lowest BCUT2D eigenvalue weighted by atomic mass is 9.96. The summed E-state index contributed by atoms with van der Waals surface area (Å²) in [5.41, 5.74) is 0.0438. The van der Waals surface area contributed by atoms with Crippen molar-refractivity contribution >= 4 is 29.9 Å². The van der Waals surface area contributed by atoms with Gasteiger partial charge in [-0.25, -0.2) is 0 Å². The van der Waals surface area contributed by atoms with E-state index in [1.54, 1.807) is 6.07 Å². The predicted octanol–water partition coefficient (Wildman–Crippen LogP) is 5.12. The van der Waals surface area contributed by atoms with Crippen LogP contribution >= 0.6 is 24.0 Å². The molecule has 0 spiro atoms. The average molecular weight is 553 g/mol. The highest BCUT2D eigenvalue weighted by molar-refractivity contribution is 14.0. The van der Waals surface area contributed by atoms with Crippen LogP contribution in [-0.2, 0) is 12.6 Å². The summed E-state index contributed by atoms with van der Waals surface area (Å²) in [6, 6.07) is 5.48. The van der Waals surface area contributed by atoms with Crippen molar-refractivity contribution in [1.29, 1.82) is 0 Å². The number of guanidine groups is 1. The monoisotopic (exact) mass is 553 g/mol. The average Bonchev–Trinajstić information content (AvgIpc) is 3.16. The lowest BCUT2D eigenvalue weighted by Gasteiger charge is -2.14. The number of rotatable bonds is 9. The second-order valence-electron chi connectivity index (χ2n) is 7.45. The molecule has 0 saturated heterocycles. The minimum atomic E-state index is -4.33. The summed E-state index contributed by atoms with van der Waals surface area (Å²) in [6.45, 7) is 9.65. The molecule has 0 saturated carbocycles. The summed E-state index contributed by atoms with van der Waals surface area (Å²) in [5.74, 6) is 2.09. The van der Waals surface area contributed by atoms with Crippen LogP contribution in [0.5, 0.6) is 0 Å². The van der Waals surface area contributed by atoms with E-state index in [1.807, 2.05) is 27.7 Å². The molecule has 1 unspecified atom stereocenters. The van der Waals surface area contributed by atoms with Crippen molar-refractivity contribution in [1.82, 2.24) is 20.8 Å². The second kappa shape index (κ2) is 12.9. The van der Waals surface area contributed by atoms with Gasteiger partial charge in [-0.1, -0.05) is 44.1 Å². The first-order chi connectivity index (χ1) is 14.2. The van der Waals surface area contributed by atoms with E-state index in [-0.39, 0.29) is 35.8 Å². The van der Waals surface area contributed by atoms with Gasteiger partial charge in [0.05, 0.1) is 5.56 Å². The van der Waals surface area contributed by atoms with Gasteiger partial charge < -0.3 is 15.2 Å². The largest absolute Gasteiger partial charge is 0.416 e. The van der Waals surface area contributed by atoms with Crippen molar-refractivity contribution in [2.45, 2.75) is 58.5 Å². The molecule has 0 fully saturated rings. The first-order valence-corrected chi connectivity index (χ1v) is 10.2. The maximum absolute atomic E-state index is 12.9. The van der Waals surface area contributed by atoms with Gasteiger partial charge in [0.25, 0.3) is 0 Å². The number of halogens is 4. The van der Waals surface area contributed by atoms with Crippen LogP contribution in [0.3, 0.4) is 0 Å². The zero-order valence-electron chi connectivity index (χ0n) is 18.3. The number of aromatic nitrogens is 2. The highest BCUT2D eigenvalue weighted by Crippen LogP contribution is 2.31. The molecular formula is C21H31F3IN5O. The molecule has 0 amide bonds. The number of nitrogens with zero attached hydrogens (tertiary/aromatic N) is 3. The van der Waals surface area contributed by atoms with E-state index in [2.05, 4.69) is 25.8 Å². The summed E-state index contributed by atoms with van der Waals surface area (Å²) in [7, 11) is 0. The molecule has 0 aliphatic rings. The molecule has 0 radical (unpaired) electrons. The Kier molecular flexibility index (Phi) is 11.3. The van der Waals surface area contributed by atoms with Crippen molar-refractivity contribution in [3.63, 3.8) is 0 Å². The van der Waals surface area contributed by atoms with Gasteiger partial charge in [-0.2, -0.15) is 18.2 Å². The first-order valence-electron chi connectivity index (χ1n) is 10.2. The fourth-order valence-electron chi connectivity index (χ4n) is 2.79. The van der Waals surface area contributed by atoms with Gasteiger partial charge in [0.1, 0.15) is 0 Å². The number of hydrogen-bond donors (Lipinski definition) is 2. The standard InChI is InChI=1S/C21H30F3N5O.HI/c1-5-25-20(27-12-10-18-28-19(14(2)3)29-30-18)26-11-9-15(4)16-7-6-8-17(13-16)21(22,23)24;/h6-8,13-15H,5,9-12H2,1-4H3,(H2,25,26,27);1H. The second-order valence-corrected chi connectivity index (χ2v) is 7.45. The van der Waals surface area contributed by atoms with Crippen molar-refractivity contribution in [3.05, 3.63) is 47.1 Å². The smallest absolute Gasteiger partial charge is 0.357 e. The normalized spacial score (nSPS) is 13.1. The maximum Gasteiger partial charge on any atom is 0.416 e. The highest BCUT2D eigenvalue weighted by atomic mass is 127. The molecule has 2 N–H and O–H groups in total. The molecule has 1 heterocycles. The zero-order valence-corrected chi connectivity index (χ0v) is 20.6. The Morgan fingerprint density at radius 1 is 1.19 bits per heavy atom. The molecule has 6 nitrogen and oxygen atoms in total. The van der Waals surface area contributed by atoms with Crippen molar-refractivity contribution in [2.75, 3.05) is 19.6 Å². The summed E-state index contributed by atoms with van der Waals surface area (Å²) in [4.78, 5) is 8.86. The van der Waals surface area contributed by atoms with E-state index in [0.29, 0.717) is 55.7 Å². The van der Waals surface area contributed by atoms with Crippen LogP contribution in [0.1, 0.15) is 68.8 Å². The van der Waals surface area contributed by atoms with Crippen LogP contribution < -0.4 is 10.6 Å². The Labute approximate surface area is 198 Å². The fourth-order valence-corrected chi connectivity index (χ4v) is 2.79. The lowest BCUT2D eigenvalue weighted by Crippen LogP contribution is -2.38. The zero-order chi connectivity index (χ0) is 22.1. The van der Waals surface area contributed by atoms with Crippen molar-refractivity contribution in [2.24, 2.45) is 4.99 Å². The molecule has 0 aliphatic carbocycles. The molecule has 2 aromatic rings. The summed E-state index contributed by atoms with van der Waals surface area (Å²) < 4.78 is 43.9. The quantitative estimate of drug-likeness (QED) is 0.256. The van der Waals surface area contributed by atoms with E-state index in [1.165, 1.54) is 12.1 Å². The van der Waals surface area contributed by atoms with E-state index in [4.69, 9.17) is 4.52 Å². The van der Waals surface area contributed by atoms with Crippen molar-refractivity contribution in [3.8, 4) is 0 Å². The summed E-state index contributed by atoms with van der Waals surface area (Å²) in [6.07, 6.45) is -3.12. The van der Waals surface area contributed by atoms with E-state index >= 15 is 0 Å². The fraction of sp³-hybridized carbons (Fsp3) is 0.571. The minimum absolute atomic E-state index is 0. The van der Waals surface area contributed by atoms with E-state index < -0.39 is 11.7 Å². The SMILES string of the molecule is CCNC(=NCCC(C)c1cccc(C(F)(F)F)c1)NCCc1nc(C(C)C)no1.I. The molecule has 174 valence electrons. The highest BCUT2D eigenvalue weighted by Gasteiger charge is 2.30. The molecule has 2 rings (SSSR count). The van der Waals surface area contributed by atoms with Gasteiger partial charge in [-0.05, 0) is 30.9 Å². The van der Waals surface area contributed by atoms with Gasteiger partial charge in [-0.3, -0.25) is 4.99 Å². The number of alkyl halides is 3. The van der Waals surface area contributed by atoms with Gasteiger partial charge >= 0.3 is 6.18 Å². The third-order valence-corrected chi connectivity index (χ3v) is 4.59. The molecule has 1 atom stereocenters. The Morgan fingerprint density at radius 3 is 2.55 bits per heavy atom. The topological polar surface area (TPSA) is 75.3 Å². The summed E-state index contributed by atoms with van der Waals surface area (Å²) in [5, 5.41) is 10.3. The molecule has 31 heavy (non-hydrogen) atoms. The van der Waals surface area contributed by atoms with E-state index in [9.17, 15) is 13.2 Å².